The first-order valence-corrected chi connectivity index (χ1v) is 9.51. The summed E-state index contributed by atoms with van der Waals surface area (Å²) in [5.41, 5.74) is 2.32. The highest BCUT2D eigenvalue weighted by Crippen LogP contribution is 2.21. The minimum Gasteiger partial charge on any atom is -0.456 e. The molecule has 0 bridgehead atoms. The summed E-state index contributed by atoms with van der Waals surface area (Å²) in [6.07, 6.45) is 5.01. The molecule has 0 unspecified atom stereocenters. The number of amides is 1. The van der Waals surface area contributed by atoms with Crippen LogP contribution < -0.4 is 0 Å². The molecule has 140 valence electrons. The largest absolute Gasteiger partial charge is 0.456 e. The number of aromatic amines is 1. The minimum atomic E-state index is -0.295. The van der Waals surface area contributed by atoms with Gasteiger partial charge in [0.2, 0.25) is 0 Å². The first-order chi connectivity index (χ1) is 12.5. The first-order valence-electron chi connectivity index (χ1n) is 9.51. The second-order valence-corrected chi connectivity index (χ2v) is 7.62. The van der Waals surface area contributed by atoms with Gasteiger partial charge >= 0.3 is 5.97 Å². The van der Waals surface area contributed by atoms with E-state index in [0.717, 1.165) is 31.4 Å². The molecule has 3 rings (SSSR count). The summed E-state index contributed by atoms with van der Waals surface area (Å²) in [5.74, 6) is 0.647. The van der Waals surface area contributed by atoms with Gasteiger partial charge in [0.25, 0.3) is 5.91 Å². The Labute approximate surface area is 154 Å². The molecule has 2 aromatic rings. The predicted octanol–water partition coefficient (Wildman–Crippen LogP) is 3.54. The second-order valence-electron chi connectivity index (χ2n) is 7.62. The molecular formula is C21H28N2O3. The Morgan fingerprint density at radius 2 is 1.92 bits per heavy atom. The normalized spacial score (nSPS) is 20.3. The second kappa shape index (κ2) is 8.39. The lowest BCUT2D eigenvalue weighted by atomic mass is 9.92. The van der Waals surface area contributed by atoms with E-state index in [-0.39, 0.29) is 18.5 Å². The Bertz CT molecular complexity index is 757. The number of aromatic nitrogens is 1. The number of esters is 1. The van der Waals surface area contributed by atoms with Crippen molar-refractivity contribution in [2.45, 2.75) is 39.5 Å². The van der Waals surface area contributed by atoms with Gasteiger partial charge in [-0.2, -0.15) is 0 Å². The number of H-pyrrole nitrogens is 1. The maximum absolute atomic E-state index is 12.2. The molecule has 0 saturated carbocycles. The van der Waals surface area contributed by atoms with Crippen molar-refractivity contribution >= 4 is 22.8 Å². The van der Waals surface area contributed by atoms with E-state index < -0.39 is 0 Å². The molecule has 1 aliphatic heterocycles. The van der Waals surface area contributed by atoms with Crippen LogP contribution in [0.25, 0.3) is 10.9 Å². The molecule has 2 atom stereocenters. The number of carbonyl (C=O) groups is 2. The van der Waals surface area contributed by atoms with Crippen molar-refractivity contribution in [3.63, 3.8) is 0 Å². The van der Waals surface area contributed by atoms with Gasteiger partial charge < -0.3 is 14.6 Å². The van der Waals surface area contributed by atoms with Crippen LogP contribution in [0.2, 0.25) is 0 Å². The molecule has 1 aromatic heterocycles. The van der Waals surface area contributed by atoms with Crippen molar-refractivity contribution < 1.29 is 14.3 Å². The van der Waals surface area contributed by atoms with Crippen molar-refractivity contribution in [1.82, 2.24) is 9.88 Å². The van der Waals surface area contributed by atoms with E-state index >= 15 is 0 Å². The van der Waals surface area contributed by atoms with Gasteiger partial charge in [-0.05, 0) is 42.7 Å². The molecule has 0 aliphatic carbocycles. The third-order valence-corrected chi connectivity index (χ3v) is 5.08. The lowest BCUT2D eigenvalue weighted by molar-refractivity contribution is -0.153. The SMILES string of the molecule is C[C@@H]1C[C@H](C)CN(C(=O)COC(=O)CCCc2c[nH]c3ccccc23)C1. The smallest absolute Gasteiger partial charge is 0.306 e. The summed E-state index contributed by atoms with van der Waals surface area (Å²) in [6.45, 7) is 5.72. The number of fused-ring (bicyclic) bond motifs is 1. The molecular weight excluding hydrogens is 328 g/mol. The van der Waals surface area contributed by atoms with Gasteiger partial charge in [0.05, 0.1) is 0 Å². The molecule has 5 heteroatoms. The van der Waals surface area contributed by atoms with Crippen LogP contribution in [-0.4, -0.2) is 41.5 Å². The number of rotatable bonds is 6. The summed E-state index contributed by atoms with van der Waals surface area (Å²) in [7, 11) is 0. The number of nitrogens with zero attached hydrogens (tertiary/aromatic N) is 1. The van der Waals surface area contributed by atoms with E-state index in [1.807, 2.05) is 29.3 Å². The fraction of sp³-hybridized carbons (Fsp3) is 0.524. The summed E-state index contributed by atoms with van der Waals surface area (Å²) in [4.78, 5) is 29.3. The van der Waals surface area contributed by atoms with Crippen LogP contribution in [0.5, 0.6) is 0 Å². The third-order valence-electron chi connectivity index (χ3n) is 5.08. The van der Waals surface area contributed by atoms with E-state index in [0.29, 0.717) is 24.7 Å². The quantitative estimate of drug-likeness (QED) is 0.805. The fourth-order valence-electron chi connectivity index (χ4n) is 3.93. The van der Waals surface area contributed by atoms with Crippen molar-refractivity contribution in [3.8, 4) is 0 Å². The molecule has 1 aromatic carbocycles. The predicted molar refractivity (Wildman–Crippen MR) is 102 cm³/mol. The highest BCUT2D eigenvalue weighted by atomic mass is 16.5. The lowest BCUT2D eigenvalue weighted by Crippen LogP contribution is -2.44. The van der Waals surface area contributed by atoms with E-state index in [1.165, 1.54) is 10.9 Å². The van der Waals surface area contributed by atoms with Crippen molar-refractivity contribution in [3.05, 3.63) is 36.0 Å². The average molecular weight is 356 g/mol. The Morgan fingerprint density at radius 1 is 1.19 bits per heavy atom. The number of aryl methyl sites for hydroxylation is 1. The molecule has 1 amide bonds. The number of hydrogen-bond donors (Lipinski definition) is 1. The topological polar surface area (TPSA) is 62.4 Å². The van der Waals surface area contributed by atoms with Gasteiger partial charge in [-0.15, -0.1) is 0 Å². The lowest BCUT2D eigenvalue weighted by Gasteiger charge is -2.34. The highest BCUT2D eigenvalue weighted by Gasteiger charge is 2.25. The number of benzene rings is 1. The molecule has 0 radical (unpaired) electrons. The van der Waals surface area contributed by atoms with Gasteiger partial charge in [-0.1, -0.05) is 32.0 Å². The summed E-state index contributed by atoms with van der Waals surface area (Å²) >= 11 is 0. The zero-order chi connectivity index (χ0) is 18.5. The van der Waals surface area contributed by atoms with Gasteiger partial charge in [-0.3, -0.25) is 9.59 Å². The number of hydrogen-bond acceptors (Lipinski definition) is 3. The minimum absolute atomic E-state index is 0.0756. The van der Waals surface area contributed by atoms with Gasteiger partial charge in [0.1, 0.15) is 0 Å². The first kappa shape index (κ1) is 18.5. The summed E-state index contributed by atoms with van der Waals surface area (Å²) in [6, 6.07) is 8.14. The van der Waals surface area contributed by atoms with E-state index in [4.69, 9.17) is 4.74 Å². The van der Waals surface area contributed by atoms with Crippen molar-refractivity contribution in [2.24, 2.45) is 11.8 Å². The maximum atomic E-state index is 12.2. The molecule has 1 saturated heterocycles. The van der Waals surface area contributed by atoms with Gasteiger partial charge in [-0.25, -0.2) is 0 Å². The number of likely N-dealkylation sites (tertiary alicyclic amines) is 1. The zero-order valence-corrected chi connectivity index (χ0v) is 15.7. The number of para-hydroxylation sites is 1. The molecule has 5 nitrogen and oxygen atoms in total. The molecule has 2 heterocycles. The van der Waals surface area contributed by atoms with Crippen LogP contribution in [0.3, 0.4) is 0 Å². The third kappa shape index (κ3) is 4.65. The molecule has 1 N–H and O–H groups in total. The molecule has 26 heavy (non-hydrogen) atoms. The van der Waals surface area contributed by atoms with Crippen molar-refractivity contribution in [2.75, 3.05) is 19.7 Å². The number of ether oxygens (including phenoxy) is 1. The number of carbonyl (C=O) groups excluding carboxylic acids is 2. The average Bonchev–Trinajstić information content (AvgIpc) is 3.02. The highest BCUT2D eigenvalue weighted by molar-refractivity contribution is 5.83. The molecule has 1 aliphatic rings. The monoisotopic (exact) mass is 356 g/mol. The van der Waals surface area contributed by atoms with Crippen LogP contribution in [0.4, 0.5) is 0 Å². The van der Waals surface area contributed by atoms with E-state index in [1.54, 1.807) is 0 Å². The van der Waals surface area contributed by atoms with Gasteiger partial charge in [0, 0.05) is 36.6 Å². The van der Waals surface area contributed by atoms with Crippen molar-refractivity contribution in [1.29, 1.82) is 0 Å². The molecule has 0 spiro atoms. The van der Waals surface area contributed by atoms with Gasteiger partial charge in [0.15, 0.2) is 6.61 Å². The maximum Gasteiger partial charge on any atom is 0.306 e. The molecule has 1 fully saturated rings. The zero-order valence-electron chi connectivity index (χ0n) is 15.7. The Kier molecular flexibility index (Phi) is 5.96. The Morgan fingerprint density at radius 3 is 2.69 bits per heavy atom. The standard InChI is InChI=1S/C21H28N2O3/c1-15-10-16(2)13-23(12-15)20(24)14-26-21(25)9-5-6-17-11-22-19-8-4-3-7-18(17)19/h3-4,7-8,11,15-16,22H,5-6,9-10,12-14H2,1-2H3/t15-,16+. The number of piperidine rings is 1. The summed E-state index contributed by atoms with van der Waals surface area (Å²) in [5, 5.41) is 1.20. The Hall–Kier alpha value is -2.30. The van der Waals surface area contributed by atoms with Crippen LogP contribution in [-0.2, 0) is 20.7 Å². The van der Waals surface area contributed by atoms with Crippen LogP contribution in [0.15, 0.2) is 30.5 Å². The van der Waals surface area contributed by atoms with E-state index in [2.05, 4.69) is 24.9 Å². The fourth-order valence-corrected chi connectivity index (χ4v) is 3.93. The number of nitrogens with one attached hydrogen (secondary N) is 1. The van der Waals surface area contributed by atoms with Crippen LogP contribution in [0, 0.1) is 11.8 Å². The van der Waals surface area contributed by atoms with Crippen LogP contribution in [0.1, 0.15) is 38.7 Å². The Balaban J connectivity index is 1.39. The van der Waals surface area contributed by atoms with Crippen LogP contribution >= 0.6 is 0 Å². The summed E-state index contributed by atoms with van der Waals surface area (Å²) < 4.78 is 5.20. The van der Waals surface area contributed by atoms with E-state index in [9.17, 15) is 9.59 Å².